The zero-order valence-corrected chi connectivity index (χ0v) is 7.04. The fraction of sp³-hybridized carbons (Fsp3) is 1.00. The van der Waals surface area contributed by atoms with E-state index < -0.39 is 0 Å². The molecule has 0 saturated carbocycles. The second-order valence-electron chi connectivity index (χ2n) is 1.17. The summed E-state index contributed by atoms with van der Waals surface area (Å²) >= 11 is 5.47. The molecule has 1 atom stereocenters. The van der Waals surface area contributed by atoms with Crippen molar-refractivity contribution in [2.75, 3.05) is 6.54 Å². The summed E-state index contributed by atoms with van der Waals surface area (Å²) in [6.45, 7) is 4.88. The molecule has 1 nitrogen and oxygen atoms in total. The average Bonchev–Trinajstić information content (AvgIpc) is 1.35. The van der Waals surface area contributed by atoms with Crippen molar-refractivity contribution >= 4 is 28.6 Å². The number of hydrogen-bond donors (Lipinski definition) is 1. The van der Waals surface area contributed by atoms with Gasteiger partial charge in [0.15, 0.2) is 0 Å². The molecule has 0 heterocycles. The first kappa shape index (κ1) is 10.7. The maximum Gasteiger partial charge on any atom is 0.0796 e. The number of alkyl halides is 1. The van der Waals surface area contributed by atoms with E-state index in [1.54, 1.807) is 0 Å². The Labute approximate surface area is 60.2 Å². The van der Waals surface area contributed by atoms with Gasteiger partial charge < -0.3 is 5.32 Å². The van der Waals surface area contributed by atoms with Crippen LogP contribution < -0.4 is 5.32 Å². The predicted molar refractivity (Wildman–Crippen MR) is 39.3 cm³/mol. The van der Waals surface area contributed by atoms with Gasteiger partial charge in [-0.2, -0.15) is 0 Å². The van der Waals surface area contributed by atoms with Crippen molar-refractivity contribution in [3.05, 3.63) is 0 Å². The first-order valence-electron chi connectivity index (χ1n) is 2.14. The third kappa shape index (κ3) is 10.8. The molecular formula is C4H11BrClN. The molecule has 0 aromatic carbocycles. The zero-order valence-electron chi connectivity index (χ0n) is 4.57. The van der Waals surface area contributed by atoms with Crippen LogP contribution in [0.2, 0.25) is 0 Å². The normalized spacial score (nSPS) is 12.4. The molecule has 0 aliphatic carbocycles. The SMILES string of the molecule is Br.CCNC(C)Cl. The topological polar surface area (TPSA) is 12.0 Å². The van der Waals surface area contributed by atoms with E-state index in [4.69, 9.17) is 11.6 Å². The molecule has 0 radical (unpaired) electrons. The van der Waals surface area contributed by atoms with Crippen molar-refractivity contribution in [3.63, 3.8) is 0 Å². The highest BCUT2D eigenvalue weighted by atomic mass is 79.9. The summed E-state index contributed by atoms with van der Waals surface area (Å²) < 4.78 is 0. The van der Waals surface area contributed by atoms with Crippen LogP contribution in [0.15, 0.2) is 0 Å². The quantitative estimate of drug-likeness (QED) is 0.514. The predicted octanol–water partition coefficient (Wildman–Crippen LogP) is 1.76. The van der Waals surface area contributed by atoms with Crippen LogP contribution in [0.5, 0.6) is 0 Å². The average molecular weight is 188 g/mol. The Hall–Kier alpha value is 0.730. The lowest BCUT2D eigenvalue weighted by Crippen LogP contribution is -2.18. The second kappa shape index (κ2) is 6.73. The summed E-state index contributed by atoms with van der Waals surface area (Å²) in [4.78, 5) is 0. The molecule has 0 saturated heterocycles. The largest absolute Gasteiger partial charge is 0.302 e. The minimum atomic E-state index is 0. The molecule has 0 spiro atoms. The van der Waals surface area contributed by atoms with Gasteiger partial charge in [0.05, 0.1) is 5.50 Å². The summed E-state index contributed by atoms with van der Waals surface area (Å²) in [6.07, 6.45) is 0. The van der Waals surface area contributed by atoms with Crippen LogP contribution in [0.1, 0.15) is 13.8 Å². The number of rotatable bonds is 2. The van der Waals surface area contributed by atoms with Gasteiger partial charge in [-0.25, -0.2) is 0 Å². The van der Waals surface area contributed by atoms with Crippen LogP contribution in [-0.4, -0.2) is 12.0 Å². The van der Waals surface area contributed by atoms with Gasteiger partial charge in [0.25, 0.3) is 0 Å². The van der Waals surface area contributed by atoms with Crippen LogP contribution in [0.4, 0.5) is 0 Å². The molecule has 0 aliphatic heterocycles. The smallest absolute Gasteiger partial charge is 0.0796 e. The Balaban J connectivity index is 0. The van der Waals surface area contributed by atoms with Gasteiger partial charge in [-0.05, 0) is 13.5 Å². The molecule has 7 heavy (non-hydrogen) atoms. The second-order valence-corrected chi connectivity index (χ2v) is 1.83. The minimum absolute atomic E-state index is 0. The van der Waals surface area contributed by atoms with E-state index in [0.717, 1.165) is 6.54 Å². The van der Waals surface area contributed by atoms with Crippen molar-refractivity contribution in [2.24, 2.45) is 0 Å². The van der Waals surface area contributed by atoms with Gasteiger partial charge in [-0.1, -0.05) is 6.92 Å². The van der Waals surface area contributed by atoms with Crippen molar-refractivity contribution in [1.82, 2.24) is 5.32 Å². The molecule has 0 rings (SSSR count). The Morgan fingerprint density at radius 2 is 2.14 bits per heavy atom. The molecule has 1 N–H and O–H groups in total. The maximum atomic E-state index is 5.47. The van der Waals surface area contributed by atoms with Crippen molar-refractivity contribution in [2.45, 2.75) is 19.3 Å². The first-order chi connectivity index (χ1) is 2.77. The van der Waals surface area contributed by atoms with Crippen molar-refractivity contribution in [1.29, 1.82) is 0 Å². The summed E-state index contributed by atoms with van der Waals surface area (Å²) in [5.41, 5.74) is 0.120. The Bertz CT molecular complexity index is 32.9. The van der Waals surface area contributed by atoms with Crippen LogP contribution >= 0.6 is 28.6 Å². The molecule has 3 heteroatoms. The molecule has 0 bridgehead atoms. The van der Waals surface area contributed by atoms with Crippen LogP contribution in [0.3, 0.4) is 0 Å². The maximum absolute atomic E-state index is 5.47. The van der Waals surface area contributed by atoms with Crippen LogP contribution in [0, 0.1) is 0 Å². The third-order valence-electron chi connectivity index (χ3n) is 0.485. The Morgan fingerprint density at radius 3 is 2.14 bits per heavy atom. The Kier molecular flexibility index (Phi) is 10.3. The molecule has 0 fully saturated rings. The minimum Gasteiger partial charge on any atom is -0.302 e. The lowest BCUT2D eigenvalue weighted by Gasteiger charge is -1.98. The van der Waals surface area contributed by atoms with E-state index in [9.17, 15) is 0 Å². The highest BCUT2D eigenvalue weighted by molar-refractivity contribution is 8.93. The van der Waals surface area contributed by atoms with Gasteiger partial charge in [0.2, 0.25) is 0 Å². The fourth-order valence-corrected chi connectivity index (χ4v) is 0.436. The zero-order chi connectivity index (χ0) is 4.99. The number of halogens is 2. The number of hydrogen-bond acceptors (Lipinski definition) is 1. The lowest BCUT2D eigenvalue weighted by molar-refractivity contribution is 0.712. The van der Waals surface area contributed by atoms with E-state index in [1.165, 1.54) is 0 Å². The van der Waals surface area contributed by atoms with E-state index in [2.05, 4.69) is 5.32 Å². The third-order valence-corrected chi connectivity index (χ3v) is 0.640. The van der Waals surface area contributed by atoms with Gasteiger partial charge in [-0.3, -0.25) is 0 Å². The molecule has 0 amide bonds. The fourth-order valence-electron chi connectivity index (χ4n) is 0.281. The summed E-state index contributed by atoms with van der Waals surface area (Å²) in [7, 11) is 0. The van der Waals surface area contributed by atoms with E-state index in [1.807, 2.05) is 13.8 Å². The van der Waals surface area contributed by atoms with E-state index in [0.29, 0.717) is 0 Å². The molecular weight excluding hydrogens is 177 g/mol. The van der Waals surface area contributed by atoms with Crippen molar-refractivity contribution < 1.29 is 0 Å². The van der Waals surface area contributed by atoms with E-state index >= 15 is 0 Å². The van der Waals surface area contributed by atoms with Crippen LogP contribution in [-0.2, 0) is 0 Å². The molecule has 0 aromatic heterocycles. The lowest BCUT2D eigenvalue weighted by atomic mass is 10.7. The molecule has 46 valence electrons. The monoisotopic (exact) mass is 187 g/mol. The van der Waals surface area contributed by atoms with Crippen molar-refractivity contribution in [3.8, 4) is 0 Å². The van der Waals surface area contributed by atoms with E-state index in [-0.39, 0.29) is 22.5 Å². The summed E-state index contributed by atoms with van der Waals surface area (Å²) in [5.74, 6) is 0. The highest BCUT2D eigenvalue weighted by Gasteiger charge is 1.85. The van der Waals surface area contributed by atoms with Crippen LogP contribution in [0.25, 0.3) is 0 Å². The Morgan fingerprint density at radius 1 is 1.71 bits per heavy atom. The summed E-state index contributed by atoms with van der Waals surface area (Å²) in [5, 5.41) is 2.97. The van der Waals surface area contributed by atoms with Gasteiger partial charge >= 0.3 is 0 Å². The standard InChI is InChI=1S/C4H10ClN.BrH/c1-3-6-4(2)5;/h4,6H,3H2,1-2H3;1H. The summed E-state index contributed by atoms with van der Waals surface area (Å²) in [6, 6.07) is 0. The first-order valence-corrected chi connectivity index (χ1v) is 2.58. The number of nitrogens with one attached hydrogen (secondary N) is 1. The molecule has 1 unspecified atom stereocenters. The molecule has 0 aliphatic rings. The van der Waals surface area contributed by atoms with Gasteiger partial charge in [-0.15, -0.1) is 28.6 Å². The van der Waals surface area contributed by atoms with Gasteiger partial charge in [0.1, 0.15) is 0 Å². The highest BCUT2D eigenvalue weighted by Crippen LogP contribution is 1.82. The van der Waals surface area contributed by atoms with Gasteiger partial charge in [0, 0.05) is 0 Å². The molecule has 0 aromatic rings.